The smallest absolute Gasteiger partial charge is 0.316 e. The van der Waals surface area contributed by atoms with Gasteiger partial charge in [-0.3, -0.25) is 14.9 Å². The van der Waals surface area contributed by atoms with Crippen LogP contribution in [0.2, 0.25) is 0 Å². The van der Waals surface area contributed by atoms with E-state index in [1.165, 1.54) is 30.2 Å². The fourth-order valence-corrected chi connectivity index (χ4v) is 3.43. The van der Waals surface area contributed by atoms with E-state index in [9.17, 15) is 9.59 Å². The van der Waals surface area contributed by atoms with Crippen molar-refractivity contribution in [1.29, 1.82) is 0 Å². The molecule has 0 bridgehead atoms. The van der Waals surface area contributed by atoms with Crippen molar-refractivity contribution >= 4 is 40.1 Å². The van der Waals surface area contributed by atoms with E-state index in [2.05, 4.69) is 20.3 Å². The van der Waals surface area contributed by atoms with Crippen LogP contribution in [0.25, 0.3) is 0 Å². The summed E-state index contributed by atoms with van der Waals surface area (Å²) in [5.41, 5.74) is 0. The number of anilines is 1. The lowest BCUT2D eigenvalue weighted by Gasteiger charge is -2.16. The Kier molecular flexibility index (Phi) is 7.67. The highest BCUT2D eigenvalue weighted by molar-refractivity contribution is 8.01. The minimum atomic E-state index is -0.683. The molecule has 140 valence electrons. The lowest BCUT2D eigenvalue weighted by molar-refractivity contribution is -0.137. The number of amides is 1. The molecule has 1 aromatic carbocycles. The molecule has 0 fully saturated rings. The number of carbonyl (C=O) groups excluding carboxylic acids is 2. The number of methoxy groups -OCH3 is 2. The van der Waals surface area contributed by atoms with Crippen LogP contribution in [-0.2, 0) is 14.3 Å². The standard InChI is InChI=1S/C16H19N3O5S2/c1-4-12(24-11-7-5-6-10(8-11)22-2)14(21)17-15-18-19-16(26-15)25-9-13(20)23-3/h5-8,12H,4,9H2,1-3H3,(H,17,18,21). The number of hydrogen-bond donors (Lipinski definition) is 1. The molecule has 1 heterocycles. The first kappa shape index (κ1) is 20.0. The molecule has 2 aromatic rings. The van der Waals surface area contributed by atoms with Gasteiger partial charge in [-0.15, -0.1) is 10.2 Å². The van der Waals surface area contributed by atoms with Crippen LogP contribution in [0, 0.1) is 0 Å². The van der Waals surface area contributed by atoms with Gasteiger partial charge in [0.15, 0.2) is 10.4 Å². The van der Waals surface area contributed by atoms with Crippen molar-refractivity contribution in [3.63, 3.8) is 0 Å². The Morgan fingerprint density at radius 2 is 2.04 bits per heavy atom. The second kappa shape index (κ2) is 9.97. The van der Waals surface area contributed by atoms with Crippen LogP contribution in [0.5, 0.6) is 11.5 Å². The van der Waals surface area contributed by atoms with Crippen molar-refractivity contribution in [2.45, 2.75) is 23.8 Å². The first-order valence-electron chi connectivity index (χ1n) is 7.70. The molecule has 26 heavy (non-hydrogen) atoms. The molecular formula is C16H19N3O5S2. The first-order chi connectivity index (χ1) is 12.5. The number of benzene rings is 1. The molecule has 0 aliphatic heterocycles. The van der Waals surface area contributed by atoms with E-state index in [1.807, 2.05) is 6.92 Å². The van der Waals surface area contributed by atoms with Crippen LogP contribution < -0.4 is 14.8 Å². The van der Waals surface area contributed by atoms with E-state index in [4.69, 9.17) is 9.47 Å². The van der Waals surface area contributed by atoms with Crippen molar-refractivity contribution in [1.82, 2.24) is 10.2 Å². The summed E-state index contributed by atoms with van der Waals surface area (Å²) >= 11 is 2.38. The van der Waals surface area contributed by atoms with Gasteiger partial charge in [-0.2, -0.15) is 0 Å². The number of carbonyl (C=O) groups is 2. The predicted molar refractivity (Wildman–Crippen MR) is 99.0 cm³/mol. The highest BCUT2D eigenvalue weighted by Crippen LogP contribution is 2.26. The zero-order valence-electron chi connectivity index (χ0n) is 14.6. The van der Waals surface area contributed by atoms with Gasteiger partial charge in [0, 0.05) is 6.07 Å². The molecule has 0 spiro atoms. The third-order valence-electron chi connectivity index (χ3n) is 3.16. The van der Waals surface area contributed by atoms with Crippen LogP contribution in [-0.4, -0.2) is 48.2 Å². The van der Waals surface area contributed by atoms with Gasteiger partial charge >= 0.3 is 5.97 Å². The summed E-state index contributed by atoms with van der Waals surface area (Å²) in [5, 5.41) is 10.8. The summed E-state index contributed by atoms with van der Waals surface area (Å²) in [7, 11) is 2.89. The van der Waals surface area contributed by atoms with Crippen LogP contribution in [0.1, 0.15) is 13.3 Å². The fourth-order valence-electron chi connectivity index (χ4n) is 1.85. The number of hydrogen-bond acceptors (Lipinski definition) is 9. The number of ether oxygens (including phenoxy) is 3. The van der Waals surface area contributed by atoms with Crippen LogP contribution in [0.3, 0.4) is 0 Å². The van der Waals surface area contributed by atoms with Gasteiger partial charge in [0.1, 0.15) is 11.5 Å². The molecular weight excluding hydrogens is 378 g/mol. The van der Waals surface area contributed by atoms with Crippen molar-refractivity contribution in [2.75, 3.05) is 25.3 Å². The Morgan fingerprint density at radius 3 is 2.73 bits per heavy atom. The quantitative estimate of drug-likeness (QED) is 0.392. The third kappa shape index (κ3) is 5.88. The van der Waals surface area contributed by atoms with Crippen molar-refractivity contribution in [2.24, 2.45) is 0 Å². The van der Waals surface area contributed by atoms with E-state index in [1.54, 1.807) is 31.4 Å². The predicted octanol–water partition coefficient (Wildman–Crippen LogP) is 2.61. The zero-order chi connectivity index (χ0) is 18.9. The molecule has 2 rings (SSSR count). The Morgan fingerprint density at radius 1 is 1.27 bits per heavy atom. The van der Waals surface area contributed by atoms with Gasteiger partial charge in [0.05, 0.1) is 20.0 Å². The molecule has 0 saturated carbocycles. The normalized spacial score (nSPS) is 11.5. The monoisotopic (exact) mass is 397 g/mol. The molecule has 8 nitrogen and oxygen atoms in total. The molecule has 1 atom stereocenters. The van der Waals surface area contributed by atoms with Crippen molar-refractivity contribution in [3.8, 4) is 11.5 Å². The van der Waals surface area contributed by atoms with E-state index in [0.29, 0.717) is 27.4 Å². The third-order valence-corrected chi connectivity index (χ3v) is 5.11. The second-order valence-corrected chi connectivity index (χ2v) is 7.12. The summed E-state index contributed by atoms with van der Waals surface area (Å²) in [5.74, 6) is 0.645. The highest BCUT2D eigenvalue weighted by Gasteiger charge is 2.20. The summed E-state index contributed by atoms with van der Waals surface area (Å²) < 4.78 is 16.0. The molecule has 10 heteroatoms. The Hall–Kier alpha value is -2.33. The summed E-state index contributed by atoms with van der Waals surface area (Å²) in [6, 6.07) is 7.05. The summed E-state index contributed by atoms with van der Waals surface area (Å²) in [4.78, 5) is 23.6. The van der Waals surface area contributed by atoms with E-state index < -0.39 is 6.10 Å². The maximum Gasteiger partial charge on any atom is 0.316 e. The number of aromatic nitrogens is 2. The Labute approximate surface area is 159 Å². The topological polar surface area (TPSA) is 99.6 Å². The number of nitrogens with one attached hydrogen (secondary N) is 1. The van der Waals surface area contributed by atoms with Gasteiger partial charge in [0.2, 0.25) is 5.13 Å². The molecule has 1 aromatic heterocycles. The van der Waals surface area contributed by atoms with Gasteiger partial charge in [-0.05, 0) is 18.6 Å². The molecule has 0 aliphatic carbocycles. The van der Waals surface area contributed by atoms with Crippen LogP contribution in [0.15, 0.2) is 28.6 Å². The number of rotatable bonds is 9. The lowest BCUT2D eigenvalue weighted by atomic mass is 10.2. The Bertz CT molecular complexity index is 753. The maximum atomic E-state index is 12.4. The minimum absolute atomic E-state index is 0.135. The van der Waals surface area contributed by atoms with E-state index in [-0.39, 0.29) is 17.6 Å². The number of esters is 1. The van der Waals surface area contributed by atoms with E-state index in [0.717, 1.165) is 0 Å². The Balaban J connectivity index is 1.94. The van der Waals surface area contributed by atoms with E-state index >= 15 is 0 Å². The van der Waals surface area contributed by atoms with Crippen LogP contribution in [0.4, 0.5) is 5.13 Å². The lowest BCUT2D eigenvalue weighted by Crippen LogP contribution is -2.32. The average Bonchev–Trinajstić information content (AvgIpc) is 3.11. The number of nitrogens with zero attached hydrogens (tertiary/aromatic N) is 2. The zero-order valence-corrected chi connectivity index (χ0v) is 16.2. The van der Waals surface area contributed by atoms with Crippen LogP contribution >= 0.6 is 23.1 Å². The number of thioether (sulfide) groups is 1. The molecule has 1 N–H and O–H groups in total. The second-order valence-electron chi connectivity index (χ2n) is 4.92. The highest BCUT2D eigenvalue weighted by atomic mass is 32.2. The summed E-state index contributed by atoms with van der Waals surface area (Å²) in [6.07, 6.45) is -0.205. The molecule has 0 radical (unpaired) electrons. The first-order valence-corrected chi connectivity index (χ1v) is 9.50. The molecule has 0 aliphatic rings. The SMILES string of the molecule is CCC(Oc1cccc(OC)c1)C(=O)Nc1nnc(SCC(=O)OC)s1. The van der Waals surface area contributed by atoms with Gasteiger partial charge in [-0.1, -0.05) is 36.1 Å². The van der Waals surface area contributed by atoms with Gasteiger partial charge < -0.3 is 14.2 Å². The van der Waals surface area contributed by atoms with Crippen molar-refractivity contribution < 1.29 is 23.8 Å². The molecule has 0 saturated heterocycles. The average molecular weight is 397 g/mol. The molecule has 1 unspecified atom stereocenters. The fraction of sp³-hybridized carbons (Fsp3) is 0.375. The largest absolute Gasteiger partial charge is 0.497 e. The van der Waals surface area contributed by atoms with Gasteiger partial charge in [-0.25, -0.2) is 0 Å². The maximum absolute atomic E-state index is 12.4. The van der Waals surface area contributed by atoms with Crippen molar-refractivity contribution in [3.05, 3.63) is 24.3 Å². The minimum Gasteiger partial charge on any atom is -0.497 e. The molecule has 1 amide bonds. The summed E-state index contributed by atoms with van der Waals surface area (Å²) in [6.45, 7) is 1.85. The van der Waals surface area contributed by atoms with Gasteiger partial charge in [0.25, 0.3) is 5.91 Å².